The Morgan fingerprint density at radius 1 is 1.09 bits per heavy atom. The Morgan fingerprint density at radius 2 is 1.88 bits per heavy atom. The molecule has 0 radical (unpaired) electrons. The van der Waals surface area contributed by atoms with Crippen LogP contribution in [0, 0.1) is 17.8 Å². The highest BCUT2D eigenvalue weighted by Crippen LogP contribution is 2.43. The number of benzene rings is 3. The van der Waals surface area contributed by atoms with Crippen molar-refractivity contribution in [2.24, 2.45) is 22.7 Å². The number of hydrogen-bond donors (Lipinski definition) is 7. The Hall–Kier alpha value is -4.32. The number of aliphatic carboxylic acids is 1. The predicted octanol–water partition coefficient (Wildman–Crippen LogP) is 5.12. The van der Waals surface area contributed by atoms with Crippen molar-refractivity contribution >= 4 is 51.2 Å². The van der Waals surface area contributed by atoms with Gasteiger partial charge in [-0.25, -0.2) is 4.79 Å². The van der Waals surface area contributed by atoms with Crippen molar-refractivity contribution in [2.45, 2.75) is 49.8 Å². The largest absolute Gasteiger partial charge is 0.508 e. The number of aliphatic imine (C=N–C) groups is 1. The van der Waals surface area contributed by atoms with E-state index in [1.165, 1.54) is 41.1 Å². The lowest BCUT2D eigenvalue weighted by Crippen LogP contribution is -2.75. The molecule has 3 aromatic carbocycles. The molecule has 0 amide bonds. The summed E-state index contributed by atoms with van der Waals surface area (Å²) in [6.45, 7) is 2.93. The van der Waals surface area contributed by atoms with E-state index in [9.17, 15) is 35.4 Å². The fourth-order valence-corrected chi connectivity index (χ4v) is 9.71. The Morgan fingerprint density at radius 3 is 2.61 bits per heavy atom. The van der Waals surface area contributed by atoms with Crippen molar-refractivity contribution in [1.82, 2.24) is 5.32 Å². The molecule has 13 nitrogen and oxygen atoms in total. The van der Waals surface area contributed by atoms with Gasteiger partial charge in [0.15, 0.2) is 11.7 Å². The number of allylic oxidation sites excluding steroid dienone is 2. The fourth-order valence-electron chi connectivity index (χ4n) is 7.66. The maximum Gasteiger partial charge on any atom is 0.335 e. The molecule has 4 heterocycles. The molecule has 2 saturated heterocycles. The van der Waals surface area contributed by atoms with E-state index in [2.05, 4.69) is 35.5 Å². The third-order valence-electron chi connectivity index (χ3n) is 10.9. The second-order valence-electron chi connectivity index (χ2n) is 14.5. The van der Waals surface area contributed by atoms with Crippen molar-refractivity contribution in [3.8, 4) is 17.2 Å². The van der Waals surface area contributed by atoms with Gasteiger partial charge in [0.25, 0.3) is 0 Å². The number of fused-ring (bicyclic) bond motifs is 2. The highest BCUT2D eigenvalue weighted by molar-refractivity contribution is 8.76. The van der Waals surface area contributed by atoms with Gasteiger partial charge >= 0.3 is 5.97 Å². The monoisotopic (exact) mass is 818 g/mol. The fraction of sp³-hybridized carbons (Fsp3) is 0.381. The lowest BCUT2D eigenvalue weighted by Gasteiger charge is -2.50. The van der Waals surface area contributed by atoms with Crippen LogP contribution in [0.4, 0.5) is 0 Å². The molecule has 9 atom stereocenters. The summed E-state index contributed by atoms with van der Waals surface area (Å²) < 4.78 is 24.0. The molecule has 4 aliphatic rings. The van der Waals surface area contributed by atoms with Crippen LogP contribution in [0.15, 0.2) is 95.5 Å². The molecule has 3 aromatic rings. The SMILES string of the molecule is C[C@H](C/C=C/c1ccccc1)[C@@H]1CN[C@H](O)[C@]2(O)[C@H](Oc3ccc4c(c3)OCC(c3ccc(O)cc3)=C4O)O[C@H](C(=O)O)[C@@H](O)[C@@H]2OCSSC[C@H]1C1=CCN=C1. The van der Waals surface area contributed by atoms with Gasteiger partial charge in [-0.3, -0.25) is 10.3 Å². The topological polar surface area (TPSA) is 200 Å². The summed E-state index contributed by atoms with van der Waals surface area (Å²) >= 11 is 0. The number of nitrogens with zero attached hydrogens (tertiary/aromatic N) is 1. The van der Waals surface area contributed by atoms with E-state index in [1.807, 2.05) is 36.5 Å². The number of carboxylic acid groups (broad SMARTS) is 1. The minimum atomic E-state index is -2.55. The van der Waals surface area contributed by atoms with Gasteiger partial charge < -0.3 is 49.6 Å². The molecule has 7 N–H and O–H groups in total. The zero-order valence-corrected chi connectivity index (χ0v) is 32.7. The van der Waals surface area contributed by atoms with Crippen molar-refractivity contribution in [3.05, 3.63) is 107 Å². The lowest BCUT2D eigenvalue weighted by atomic mass is 9.77. The van der Waals surface area contributed by atoms with E-state index in [0.717, 1.165) is 17.6 Å². The molecule has 0 spiro atoms. The van der Waals surface area contributed by atoms with Gasteiger partial charge in [-0.2, -0.15) is 0 Å². The second kappa shape index (κ2) is 18.1. The Bertz CT molecular complexity index is 2010. The molecule has 4 aliphatic heterocycles. The van der Waals surface area contributed by atoms with Crippen LogP contribution < -0.4 is 14.8 Å². The maximum atomic E-state index is 12.6. The van der Waals surface area contributed by atoms with Gasteiger partial charge in [0, 0.05) is 30.2 Å². The first-order valence-electron chi connectivity index (χ1n) is 18.7. The first-order valence-corrected chi connectivity index (χ1v) is 21.2. The van der Waals surface area contributed by atoms with E-state index < -0.39 is 42.4 Å². The van der Waals surface area contributed by atoms with Crippen molar-refractivity contribution in [2.75, 3.05) is 31.4 Å². The van der Waals surface area contributed by atoms with Gasteiger partial charge in [-0.1, -0.05) is 89.2 Å². The van der Waals surface area contributed by atoms with Gasteiger partial charge in [-0.05, 0) is 65.1 Å². The van der Waals surface area contributed by atoms with E-state index >= 15 is 0 Å². The molecule has 302 valence electrons. The summed E-state index contributed by atoms with van der Waals surface area (Å²) in [5.41, 5.74) is 1.11. The number of aliphatic hydroxyl groups excluding tert-OH is 3. The third-order valence-corrected chi connectivity index (χ3v) is 13.0. The molecule has 15 heteroatoms. The van der Waals surface area contributed by atoms with Gasteiger partial charge in [0.2, 0.25) is 6.29 Å². The number of carbonyl (C=O) groups is 1. The number of aliphatic hydroxyl groups is 4. The minimum absolute atomic E-state index is 0.0101. The predicted molar refractivity (Wildman–Crippen MR) is 219 cm³/mol. The van der Waals surface area contributed by atoms with Crippen LogP contribution in [0.2, 0.25) is 0 Å². The summed E-state index contributed by atoms with van der Waals surface area (Å²) in [5, 5.41) is 70.0. The van der Waals surface area contributed by atoms with Crippen LogP contribution in [-0.2, 0) is 14.3 Å². The van der Waals surface area contributed by atoms with Gasteiger partial charge in [0.1, 0.15) is 54.0 Å². The zero-order valence-electron chi connectivity index (χ0n) is 31.1. The van der Waals surface area contributed by atoms with Crippen LogP contribution in [0.5, 0.6) is 17.2 Å². The lowest BCUT2D eigenvalue weighted by molar-refractivity contribution is -0.342. The highest BCUT2D eigenvalue weighted by Gasteiger charge is 2.63. The van der Waals surface area contributed by atoms with E-state index in [0.29, 0.717) is 29.0 Å². The molecule has 0 unspecified atom stereocenters. The Kier molecular flexibility index (Phi) is 13.0. The van der Waals surface area contributed by atoms with E-state index in [4.69, 9.17) is 18.9 Å². The number of phenolic OH excluding ortho intramolecular Hbond substituents is 1. The van der Waals surface area contributed by atoms with E-state index in [1.54, 1.807) is 22.9 Å². The number of ether oxygens (including phenoxy) is 4. The molecular formula is C42H46N2O11S2. The van der Waals surface area contributed by atoms with Gasteiger partial charge in [-0.15, -0.1) is 0 Å². The maximum absolute atomic E-state index is 12.6. The number of rotatable bonds is 9. The van der Waals surface area contributed by atoms with Crippen LogP contribution in [0.3, 0.4) is 0 Å². The van der Waals surface area contributed by atoms with Crippen LogP contribution in [0.25, 0.3) is 17.4 Å². The molecule has 2 fully saturated rings. The standard InChI is InChI=1S/C42H46N2O11S2/c1-24(6-5-9-25-7-3-2-4-8-25)31-20-44-40(50)42(51)38(53-23-57-56-22-33(31)27-16-17-43-19-27)36(47)37(39(48)49)55-41(42)54-29-14-15-30-34(18-29)52-21-32(35(30)46)26-10-12-28(45)13-11-26/h2-5,7-16,18-19,24,31,33,36-38,40-41,44-47,50-51H,6,17,20-23H2,1H3,(H,48,49)/b9-5+/t24-,31+,33+,36-,37+,38+,40-,41-,42+/m1/s1. The summed E-state index contributed by atoms with van der Waals surface area (Å²) in [6, 6.07) is 20.8. The summed E-state index contributed by atoms with van der Waals surface area (Å²) in [7, 11) is 2.90. The van der Waals surface area contributed by atoms with Crippen molar-refractivity contribution in [3.63, 3.8) is 0 Å². The normalized spacial score (nSPS) is 30.0. The first kappa shape index (κ1) is 40.9. The number of hydrogen-bond acceptors (Lipinski definition) is 14. The third kappa shape index (κ3) is 8.91. The summed E-state index contributed by atoms with van der Waals surface area (Å²) in [6.07, 6.45) is -0.239. The molecule has 0 saturated carbocycles. The highest BCUT2D eigenvalue weighted by atomic mass is 33.1. The second-order valence-corrected chi connectivity index (χ2v) is 16.9. The Balaban J connectivity index is 1.18. The van der Waals surface area contributed by atoms with Crippen molar-refractivity contribution in [1.29, 1.82) is 0 Å². The molecule has 57 heavy (non-hydrogen) atoms. The molecule has 0 bridgehead atoms. The van der Waals surface area contributed by atoms with Crippen LogP contribution >= 0.6 is 21.6 Å². The summed E-state index contributed by atoms with van der Waals surface area (Å²) in [4.78, 5) is 16.8. The number of nitrogens with one attached hydrogen (secondary N) is 1. The molecule has 0 aromatic heterocycles. The molecule has 0 aliphatic carbocycles. The summed E-state index contributed by atoms with van der Waals surface area (Å²) in [5.74, 6) is -0.539. The van der Waals surface area contributed by atoms with Crippen molar-refractivity contribution < 1.29 is 54.4 Å². The van der Waals surface area contributed by atoms with Crippen LogP contribution in [-0.4, -0.2) is 111 Å². The van der Waals surface area contributed by atoms with E-state index in [-0.39, 0.29) is 59.9 Å². The number of aromatic hydroxyl groups is 1. The Labute approximate surface area is 338 Å². The quantitative estimate of drug-likeness (QED) is 0.140. The smallest absolute Gasteiger partial charge is 0.335 e. The van der Waals surface area contributed by atoms with Gasteiger partial charge in [0.05, 0.1) is 12.1 Å². The number of phenols is 1. The molecular weight excluding hydrogens is 773 g/mol. The number of carboxylic acids is 1. The zero-order chi connectivity index (χ0) is 40.1. The average molecular weight is 819 g/mol. The average Bonchev–Trinajstić information content (AvgIpc) is 3.74. The minimum Gasteiger partial charge on any atom is -0.508 e. The first-order chi connectivity index (χ1) is 27.5. The molecule has 7 rings (SSSR count). The van der Waals surface area contributed by atoms with Crippen LogP contribution in [0.1, 0.15) is 30.0 Å².